The maximum Gasteiger partial charge on any atom is 0.307 e. The summed E-state index contributed by atoms with van der Waals surface area (Å²) in [6.07, 6.45) is 1.10. The van der Waals surface area contributed by atoms with Crippen LogP contribution in [0.2, 0.25) is 0 Å². The first-order chi connectivity index (χ1) is 7.02. The van der Waals surface area contributed by atoms with Crippen LogP contribution in [0, 0.1) is 5.92 Å². The molecule has 0 aromatic carbocycles. The Hall–Kier alpha value is -1.39. The molecule has 0 aromatic heterocycles. The van der Waals surface area contributed by atoms with Gasteiger partial charge in [0.2, 0.25) is 5.91 Å². The maximum absolute atomic E-state index is 11.5. The number of methoxy groups -OCH3 is 1. The smallest absolute Gasteiger partial charge is 0.307 e. The van der Waals surface area contributed by atoms with E-state index < -0.39 is 0 Å². The van der Waals surface area contributed by atoms with Crippen LogP contribution in [-0.2, 0) is 19.1 Å². The van der Waals surface area contributed by atoms with Crippen LogP contribution in [0.4, 0.5) is 0 Å². The largest absolute Gasteiger partial charge is 0.469 e. The van der Waals surface area contributed by atoms with Crippen molar-refractivity contribution < 1.29 is 19.1 Å². The third-order valence-corrected chi connectivity index (χ3v) is 2.13. The van der Waals surface area contributed by atoms with E-state index in [2.05, 4.69) is 4.74 Å². The summed E-state index contributed by atoms with van der Waals surface area (Å²) in [5.41, 5.74) is 0. The molecule has 0 radical (unpaired) electrons. The molecule has 86 valence electrons. The Bertz CT molecular complexity index is 240. The summed E-state index contributed by atoms with van der Waals surface area (Å²) >= 11 is 0. The van der Waals surface area contributed by atoms with Gasteiger partial charge in [-0.3, -0.25) is 9.59 Å². The molecule has 0 aliphatic heterocycles. The molecule has 0 N–H and O–H groups in total. The Balaban J connectivity index is 3.98. The number of hydrogen-bond donors (Lipinski definition) is 0. The lowest BCUT2D eigenvalue weighted by molar-refractivity contribution is -0.142. The average molecular weight is 215 g/mol. The number of hydrogen-bond acceptors (Lipinski definition) is 4. The summed E-state index contributed by atoms with van der Waals surface area (Å²) in [6.45, 7) is 2.00. The predicted octanol–water partition coefficient (Wildman–Crippen LogP) is 0.233. The van der Waals surface area contributed by atoms with Crippen molar-refractivity contribution in [3.63, 3.8) is 0 Å². The Morgan fingerprint density at radius 2 is 2.07 bits per heavy atom. The number of ether oxygens (including phenoxy) is 1. The average Bonchev–Trinajstić information content (AvgIpc) is 2.24. The van der Waals surface area contributed by atoms with Gasteiger partial charge in [-0.05, 0) is 0 Å². The van der Waals surface area contributed by atoms with Crippen LogP contribution in [0.25, 0.3) is 0 Å². The van der Waals surface area contributed by atoms with Crippen LogP contribution < -0.4 is 0 Å². The maximum atomic E-state index is 11.5. The zero-order chi connectivity index (χ0) is 11.8. The van der Waals surface area contributed by atoms with Crippen molar-refractivity contribution in [2.45, 2.75) is 19.8 Å². The van der Waals surface area contributed by atoms with Gasteiger partial charge in [-0.1, -0.05) is 6.92 Å². The number of esters is 1. The minimum Gasteiger partial charge on any atom is -0.469 e. The highest BCUT2D eigenvalue weighted by atomic mass is 16.5. The predicted molar refractivity (Wildman–Crippen MR) is 54.1 cm³/mol. The third kappa shape index (κ3) is 5.15. The van der Waals surface area contributed by atoms with Crippen LogP contribution in [0.5, 0.6) is 0 Å². The Morgan fingerprint density at radius 1 is 1.47 bits per heavy atom. The SMILES string of the molecule is COC(=O)CCN(C)C(=O)C(C)CC=O. The Kier molecular flexibility index (Phi) is 6.33. The van der Waals surface area contributed by atoms with Gasteiger partial charge in [0, 0.05) is 25.9 Å². The molecular weight excluding hydrogens is 198 g/mol. The lowest BCUT2D eigenvalue weighted by Crippen LogP contribution is -2.33. The van der Waals surface area contributed by atoms with Gasteiger partial charge < -0.3 is 14.4 Å². The van der Waals surface area contributed by atoms with E-state index in [0.717, 1.165) is 6.29 Å². The molecule has 0 aliphatic carbocycles. The molecule has 0 saturated heterocycles. The third-order valence-electron chi connectivity index (χ3n) is 2.13. The molecule has 1 unspecified atom stereocenters. The van der Waals surface area contributed by atoms with Crippen molar-refractivity contribution in [2.75, 3.05) is 20.7 Å². The summed E-state index contributed by atoms with van der Waals surface area (Å²) in [5.74, 6) is -0.811. The number of amides is 1. The molecule has 0 fully saturated rings. The summed E-state index contributed by atoms with van der Waals surface area (Å²) in [6, 6.07) is 0. The van der Waals surface area contributed by atoms with Gasteiger partial charge in [0.05, 0.1) is 13.5 Å². The Morgan fingerprint density at radius 3 is 2.53 bits per heavy atom. The topological polar surface area (TPSA) is 63.7 Å². The standard InChI is InChI=1S/C10H17NO4/c1-8(5-7-12)10(14)11(2)6-4-9(13)15-3/h7-8H,4-6H2,1-3H3. The summed E-state index contributed by atoms with van der Waals surface area (Å²) in [5, 5.41) is 0. The normalized spacial score (nSPS) is 11.7. The highest BCUT2D eigenvalue weighted by Crippen LogP contribution is 2.04. The second-order valence-electron chi connectivity index (χ2n) is 3.39. The zero-order valence-electron chi connectivity index (χ0n) is 9.36. The molecule has 1 atom stereocenters. The van der Waals surface area contributed by atoms with Gasteiger partial charge in [-0.2, -0.15) is 0 Å². The molecule has 0 spiro atoms. The van der Waals surface area contributed by atoms with E-state index in [1.165, 1.54) is 12.0 Å². The van der Waals surface area contributed by atoms with E-state index >= 15 is 0 Å². The number of nitrogens with zero attached hydrogens (tertiary/aromatic N) is 1. The van der Waals surface area contributed by atoms with Gasteiger partial charge in [0.1, 0.15) is 6.29 Å². The zero-order valence-corrected chi connectivity index (χ0v) is 9.36. The van der Waals surface area contributed by atoms with Crippen LogP contribution in [0.3, 0.4) is 0 Å². The lowest BCUT2D eigenvalue weighted by Gasteiger charge is -2.19. The van der Waals surface area contributed by atoms with E-state index in [-0.39, 0.29) is 30.6 Å². The summed E-state index contributed by atoms with van der Waals surface area (Å²) in [4.78, 5) is 34.0. The van der Waals surface area contributed by atoms with Gasteiger partial charge in [-0.15, -0.1) is 0 Å². The summed E-state index contributed by atoms with van der Waals surface area (Å²) in [7, 11) is 2.91. The highest BCUT2D eigenvalue weighted by molar-refractivity contribution is 5.81. The van der Waals surface area contributed by atoms with Crippen molar-refractivity contribution in [3.8, 4) is 0 Å². The second kappa shape index (κ2) is 6.98. The van der Waals surface area contributed by atoms with Crippen molar-refractivity contribution in [3.05, 3.63) is 0 Å². The molecule has 1 amide bonds. The quantitative estimate of drug-likeness (QED) is 0.470. The molecule has 0 rings (SSSR count). The molecule has 0 saturated carbocycles. The van der Waals surface area contributed by atoms with Crippen LogP contribution >= 0.6 is 0 Å². The molecule has 0 bridgehead atoms. The molecular formula is C10H17NO4. The fourth-order valence-corrected chi connectivity index (χ4v) is 1.09. The number of carbonyl (C=O) groups excluding carboxylic acids is 3. The van der Waals surface area contributed by atoms with Crippen molar-refractivity contribution in [2.24, 2.45) is 5.92 Å². The second-order valence-corrected chi connectivity index (χ2v) is 3.39. The first-order valence-electron chi connectivity index (χ1n) is 4.78. The van der Waals surface area contributed by atoms with E-state index in [4.69, 9.17) is 0 Å². The van der Waals surface area contributed by atoms with Crippen LogP contribution in [-0.4, -0.2) is 43.8 Å². The van der Waals surface area contributed by atoms with E-state index in [1.807, 2.05) is 0 Å². The highest BCUT2D eigenvalue weighted by Gasteiger charge is 2.17. The van der Waals surface area contributed by atoms with Gasteiger partial charge in [0.25, 0.3) is 0 Å². The molecule has 0 heterocycles. The van der Waals surface area contributed by atoms with Crippen molar-refractivity contribution in [1.82, 2.24) is 4.90 Å². The molecule has 15 heavy (non-hydrogen) atoms. The number of aldehydes is 1. The molecule has 5 heteroatoms. The van der Waals surface area contributed by atoms with Crippen LogP contribution in [0.1, 0.15) is 19.8 Å². The Labute approximate surface area is 89.4 Å². The summed E-state index contributed by atoms with van der Waals surface area (Å²) < 4.78 is 4.46. The monoisotopic (exact) mass is 215 g/mol. The lowest BCUT2D eigenvalue weighted by atomic mass is 10.1. The number of rotatable bonds is 6. The first-order valence-corrected chi connectivity index (χ1v) is 4.78. The van der Waals surface area contributed by atoms with E-state index in [0.29, 0.717) is 6.54 Å². The number of carbonyl (C=O) groups is 3. The molecule has 0 aliphatic rings. The van der Waals surface area contributed by atoms with E-state index in [1.54, 1.807) is 14.0 Å². The minimum atomic E-state index is -0.349. The van der Waals surface area contributed by atoms with Crippen molar-refractivity contribution in [1.29, 1.82) is 0 Å². The van der Waals surface area contributed by atoms with Crippen LogP contribution in [0.15, 0.2) is 0 Å². The van der Waals surface area contributed by atoms with Crippen molar-refractivity contribution >= 4 is 18.2 Å². The van der Waals surface area contributed by atoms with Gasteiger partial charge in [-0.25, -0.2) is 0 Å². The van der Waals surface area contributed by atoms with Gasteiger partial charge >= 0.3 is 5.97 Å². The van der Waals surface area contributed by atoms with E-state index in [9.17, 15) is 14.4 Å². The molecule has 0 aromatic rings. The fraction of sp³-hybridized carbons (Fsp3) is 0.700. The first kappa shape index (κ1) is 13.6. The minimum absolute atomic E-state index is 0.133. The molecule has 5 nitrogen and oxygen atoms in total. The fourth-order valence-electron chi connectivity index (χ4n) is 1.09. The van der Waals surface area contributed by atoms with Gasteiger partial charge in [0.15, 0.2) is 0 Å².